The lowest BCUT2D eigenvalue weighted by atomic mass is 9.83. The monoisotopic (exact) mass is 343 g/mol. The first kappa shape index (κ1) is 15.9. The highest BCUT2D eigenvalue weighted by Gasteiger charge is 2.29. The Hall–Kier alpha value is -3.60. The summed E-state index contributed by atoms with van der Waals surface area (Å²) >= 11 is 0. The molecule has 0 saturated heterocycles. The number of rotatable bonds is 3. The second-order valence-corrected chi connectivity index (χ2v) is 5.87. The molecule has 0 atom stereocenters. The number of hydrogen-bond acceptors (Lipinski definition) is 5. The Balaban J connectivity index is 1.59. The minimum Gasteiger partial charge on any atom is -0.456 e. The Morgan fingerprint density at radius 1 is 0.808 bits per heavy atom. The van der Waals surface area contributed by atoms with Crippen LogP contribution < -0.4 is 0 Å². The summed E-state index contributed by atoms with van der Waals surface area (Å²) in [6, 6.07) is 16.6. The smallest absolute Gasteiger partial charge is 0.357 e. The lowest BCUT2D eigenvalue weighted by molar-refractivity contribution is 0.0465. The maximum atomic E-state index is 12.7. The molecule has 4 rings (SSSR count). The van der Waals surface area contributed by atoms with Crippen molar-refractivity contribution in [2.24, 2.45) is 0 Å². The Labute approximate surface area is 149 Å². The number of ketones is 2. The number of nitrogens with zero attached hydrogens (tertiary/aromatic N) is 1. The molecule has 26 heavy (non-hydrogen) atoms. The lowest BCUT2D eigenvalue weighted by Gasteiger charge is -2.18. The number of ether oxygens (including phenoxy) is 1. The molecule has 0 spiro atoms. The van der Waals surface area contributed by atoms with Crippen LogP contribution in [0.15, 0.2) is 66.9 Å². The third-order valence-corrected chi connectivity index (χ3v) is 4.23. The van der Waals surface area contributed by atoms with Crippen LogP contribution in [0.25, 0.3) is 0 Å². The molecule has 3 aromatic rings. The molecule has 0 amide bonds. The number of carbonyl (C=O) groups is 3. The van der Waals surface area contributed by atoms with Crippen molar-refractivity contribution in [2.45, 2.75) is 6.61 Å². The van der Waals surface area contributed by atoms with Crippen molar-refractivity contribution in [1.82, 2.24) is 4.98 Å². The van der Waals surface area contributed by atoms with Crippen molar-refractivity contribution in [2.75, 3.05) is 0 Å². The molecule has 1 heterocycles. The minimum absolute atomic E-state index is 0.00813. The van der Waals surface area contributed by atoms with Gasteiger partial charge in [-0.15, -0.1) is 0 Å². The molecule has 0 saturated carbocycles. The highest BCUT2D eigenvalue weighted by atomic mass is 16.5. The van der Waals surface area contributed by atoms with Gasteiger partial charge in [-0.2, -0.15) is 0 Å². The molecule has 0 unspecified atom stereocenters. The topological polar surface area (TPSA) is 73.3 Å². The van der Waals surface area contributed by atoms with Crippen LogP contribution in [0, 0.1) is 0 Å². The Morgan fingerprint density at radius 2 is 1.46 bits per heavy atom. The van der Waals surface area contributed by atoms with Gasteiger partial charge in [0.1, 0.15) is 12.3 Å². The van der Waals surface area contributed by atoms with Crippen LogP contribution in [0.5, 0.6) is 0 Å². The SMILES string of the molecule is O=C(OCc1ccc2c(c1)C(=O)c1ccccc1C2=O)c1ccccn1. The predicted molar refractivity (Wildman–Crippen MR) is 93.1 cm³/mol. The predicted octanol–water partition coefficient (Wildman–Crippen LogP) is 3.21. The van der Waals surface area contributed by atoms with Gasteiger partial charge >= 0.3 is 5.97 Å². The number of pyridine rings is 1. The first-order valence-electron chi connectivity index (χ1n) is 8.04. The number of fused-ring (bicyclic) bond motifs is 2. The minimum atomic E-state index is -0.545. The molecule has 5 heteroatoms. The maximum absolute atomic E-state index is 12.7. The Morgan fingerprint density at radius 3 is 2.15 bits per heavy atom. The van der Waals surface area contributed by atoms with Gasteiger partial charge in [-0.1, -0.05) is 36.4 Å². The summed E-state index contributed by atoms with van der Waals surface area (Å²) in [5.74, 6) is -0.920. The fraction of sp³-hybridized carbons (Fsp3) is 0.0476. The highest BCUT2D eigenvalue weighted by molar-refractivity contribution is 6.28. The average molecular weight is 343 g/mol. The normalized spacial score (nSPS) is 12.3. The highest BCUT2D eigenvalue weighted by Crippen LogP contribution is 2.28. The van der Waals surface area contributed by atoms with E-state index in [2.05, 4.69) is 4.98 Å². The summed E-state index contributed by atoms with van der Waals surface area (Å²) in [6.45, 7) is -0.00813. The summed E-state index contributed by atoms with van der Waals surface area (Å²) in [4.78, 5) is 41.2. The zero-order valence-corrected chi connectivity index (χ0v) is 13.6. The third kappa shape index (κ3) is 2.69. The molecule has 126 valence electrons. The van der Waals surface area contributed by atoms with Crippen LogP contribution in [0.3, 0.4) is 0 Å². The maximum Gasteiger partial charge on any atom is 0.357 e. The van der Waals surface area contributed by atoms with E-state index in [9.17, 15) is 14.4 Å². The number of aromatic nitrogens is 1. The first-order chi connectivity index (χ1) is 12.6. The van der Waals surface area contributed by atoms with Crippen LogP contribution in [0.2, 0.25) is 0 Å². The number of carbonyl (C=O) groups excluding carboxylic acids is 3. The summed E-state index contributed by atoms with van der Waals surface area (Å²) in [5, 5.41) is 0. The molecule has 1 aromatic heterocycles. The largest absolute Gasteiger partial charge is 0.456 e. The summed E-state index contributed by atoms with van der Waals surface area (Å²) < 4.78 is 5.24. The van der Waals surface area contributed by atoms with Crippen LogP contribution in [0.1, 0.15) is 47.9 Å². The van der Waals surface area contributed by atoms with E-state index in [0.29, 0.717) is 27.8 Å². The fourth-order valence-corrected chi connectivity index (χ4v) is 2.94. The van der Waals surface area contributed by atoms with E-state index in [1.165, 1.54) is 6.20 Å². The second kappa shape index (κ2) is 6.37. The van der Waals surface area contributed by atoms with Gasteiger partial charge in [0.2, 0.25) is 0 Å². The second-order valence-electron chi connectivity index (χ2n) is 5.87. The van der Waals surface area contributed by atoms with Gasteiger partial charge in [0.25, 0.3) is 0 Å². The van der Waals surface area contributed by atoms with E-state index < -0.39 is 5.97 Å². The number of esters is 1. The van der Waals surface area contributed by atoms with Crippen LogP contribution in [-0.4, -0.2) is 22.5 Å². The average Bonchev–Trinajstić information content (AvgIpc) is 2.70. The van der Waals surface area contributed by atoms with E-state index in [1.54, 1.807) is 60.7 Å². The van der Waals surface area contributed by atoms with Gasteiger partial charge in [0.05, 0.1) is 0 Å². The molecule has 1 aliphatic rings. The summed E-state index contributed by atoms with van der Waals surface area (Å²) in [7, 11) is 0. The number of hydrogen-bond donors (Lipinski definition) is 0. The van der Waals surface area contributed by atoms with Crippen LogP contribution >= 0.6 is 0 Å². The molecular weight excluding hydrogens is 330 g/mol. The quantitative estimate of drug-likeness (QED) is 0.534. The molecule has 0 radical (unpaired) electrons. The zero-order chi connectivity index (χ0) is 18.1. The van der Waals surface area contributed by atoms with Crippen molar-refractivity contribution in [3.8, 4) is 0 Å². The standard InChI is InChI=1S/C21H13NO4/c23-19-14-5-1-2-6-15(14)20(24)17-11-13(8-9-16(17)19)12-26-21(25)18-7-3-4-10-22-18/h1-11H,12H2. The Kier molecular flexibility index (Phi) is 3.89. The summed E-state index contributed by atoms with van der Waals surface area (Å²) in [5.41, 5.74) is 2.36. The van der Waals surface area contributed by atoms with Crippen molar-refractivity contribution in [3.63, 3.8) is 0 Å². The third-order valence-electron chi connectivity index (χ3n) is 4.23. The van der Waals surface area contributed by atoms with Gasteiger partial charge in [-0.25, -0.2) is 9.78 Å². The van der Waals surface area contributed by atoms with Crippen LogP contribution in [-0.2, 0) is 11.3 Å². The van der Waals surface area contributed by atoms with E-state index in [1.807, 2.05) is 0 Å². The van der Waals surface area contributed by atoms with E-state index in [0.717, 1.165) is 0 Å². The lowest BCUT2D eigenvalue weighted by Crippen LogP contribution is -2.21. The van der Waals surface area contributed by atoms with Gasteiger partial charge in [-0.05, 0) is 29.8 Å². The van der Waals surface area contributed by atoms with Gasteiger partial charge < -0.3 is 4.74 Å². The van der Waals surface area contributed by atoms with Crippen LogP contribution in [0.4, 0.5) is 0 Å². The van der Waals surface area contributed by atoms with E-state index in [-0.39, 0.29) is 23.9 Å². The first-order valence-corrected chi connectivity index (χ1v) is 8.04. The molecule has 1 aliphatic carbocycles. The molecule has 0 fully saturated rings. The number of benzene rings is 2. The van der Waals surface area contributed by atoms with E-state index >= 15 is 0 Å². The molecule has 0 N–H and O–H groups in total. The van der Waals surface area contributed by atoms with Crippen molar-refractivity contribution in [3.05, 3.63) is 100 Å². The summed E-state index contributed by atoms with van der Waals surface area (Å²) in [6.07, 6.45) is 1.51. The molecule has 2 aromatic carbocycles. The van der Waals surface area contributed by atoms with Crippen molar-refractivity contribution < 1.29 is 19.1 Å². The fourth-order valence-electron chi connectivity index (χ4n) is 2.94. The van der Waals surface area contributed by atoms with Gasteiger partial charge in [0.15, 0.2) is 11.6 Å². The van der Waals surface area contributed by atoms with Gasteiger partial charge in [0, 0.05) is 28.5 Å². The molecule has 0 bridgehead atoms. The molecule has 5 nitrogen and oxygen atoms in total. The van der Waals surface area contributed by atoms with Crippen molar-refractivity contribution in [1.29, 1.82) is 0 Å². The molecule has 0 aliphatic heterocycles. The van der Waals surface area contributed by atoms with Crippen molar-refractivity contribution >= 4 is 17.5 Å². The zero-order valence-electron chi connectivity index (χ0n) is 13.6. The van der Waals surface area contributed by atoms with E-state index in [4.69, 9.17) is 4.74 Å². The van der Waals surface area contributed by atoms with Gasteiger partial charge in [-0.3, -0.25) is 9.59 Å². The molecular formula is C21H13NO4. The Bertz CT molecular complexity index is 1040.